The van der Waals surface area contributed by atoms with E-state index < -0.39 is 10.5 Å². The van der Waals surface area contributed by atoms with Gasteiger partial charge in [0.1, 0.15) is 12.2 Å². The van der Waals surface area contributed by atoms with Crippen LogP contribution in [-0.4, -0.2) is 49.4 Å². The Morgan fingerprint density at radius 2 is 1.96 bits per heavy atom. The summed E-state index contributed by atoms with van der Waals surface area (Å²) in [5.74, 6) is -0.115. The molecule has 1 saturated heterocycles. The number of hydrogen-bond donors (Lipinski definition) is 0. The largest absolute Gasteiger partial charge is 0.490 e. The van der Waals surface area contributed by atoms with Gasteiger partial charge in [0, 0.05) is 30.9 Å². The van der Waals surface area contributed by atoms with Crippen molar-refractivity contribution in [2.45, 2.75) is 45.3 Å². The van der Waals surface area contributed by atoms with E-state index in [1.807, 2.05) is 20.8 Å². The third kappa shape index (κ3) is 5.59. The van der Waals surface area contributed by atoms with Crippen LogP contribution in [0, 0.1) is 10.1 Å². The Morgan fingerprint density at radius 1 is 1.31 bits per heavy atom. The molecule has 1 heterocycles. The number of nitro groups is 1. The molecule has 0 aliphatic carbocycles. The van der Waals surface area contributed by atoms with E-state index in [9.17, 15) is 14.9 Å². The molecule has 1 fully saturated rings. The van der Waals surface area contributed by atoms with Crippen LogP contribution in [-0.2, 0) is 14.3 Å². The molecule has 1 aromatic rings. The minimum Gasteiger partial charge on any atom is -0.490 e. The van der Waals surface area contributed by atoms with E-state index in [4.69, 9.17) is 14.2 Å². The highest BCUT2D eigenvalue weighted by atomic mass is 16.6. The number of nitro benzene ring substituents is 1. The molecule has 0 unspecified atom stereocenters. The van der Waals surface area contributed by atoms with Crippen molar-refractivity contribution in [2.75, 3.05) is 31.7 Å². The highest BCUT2D eigenvalue weighted by molar-refractivity contribution is 5.71. The first-order valence-corrected chi connectivity index (χ1v) is 8.60. The van der Waals surface area contributed by atoms with Crippen LogP contribution >= 0.6 is 0 Å². The molecule has 8 heteroatoms. The molecular formula is C18H26N2O6. The quantitative estimate of drug-likeness (QED) is 0.434. The number of rotatable bonds is 6. The maximum Gasteiger partial charge on any atom is 0.332 e. The second-order valence-electron chi connectivity index (χ2n) is 7.20. The average Bonchev–Trinajstić information content (AvgIpc) is 2.58. The fourth-order valence-electron chi connectivity index (χ4n) is 2.85. The summed E-state index contributed by atoms with van der Waals surface area (Å²) in [7, 11) is 1.42. The third-order valence-corrected chi connectivity index (χ3v) is 4.02. The Morgan fingerprint density at radius 3 is 2.50 bits per heavy atom. The van der Waals surface area contributed by atoms with Crippen molar-refractivity contribution in [1.82, 2.24) is 0 Å². The standard InChI is InChI=1S/C18H26N2O6/c1-18(2,3)26-17(21)12-25-14-7-9-19(10-8-14)13-5-6-15(20(22)23)16(11-13)24-4/h5-6,11,14H,7-10,12H2,1-4H3. The first-order chi connectivity index (χ1) is 12.2. The van der Waals surface area contributed by atoms with Crippen LogP contribution in [0.5, 0.6) is 5.75 Å². The number of methoxy groups -OCH3 is 1. The number of carbonyl (C=O) groups is 1. The molecule has 0 saturated carbocycles. The number of carbonyl (C=O) groups excluding carboxylic acids is 1. The van der Waals surface area contributed by atoms with Crippen molar-refractivity contribution in [3.63, 3.8) is 0 Å². The molecule has 0 N–H and O–H groups in total. The zero-order valence-corrected chi connectivity index (χ0v) is 15.7. The Bertz CT molecular complexity index is 648. The van der Waals surface area contributed by atoms with E-state index in [0.29, 0.717) is 0 Å². The maximum atomic E-state index is 11.7. The van der Waals surface area contributed by atoms with E-state index in [-0.39, 0.29) is 30.1 Å². The topological polar surface area (TPSA) is 91.1 Å². The van der Waals surface area contributed by atoms with E-state index in [2.05, 4.69) is 4.90 Å². The Labute approximate surface area is 153 Å². The SMILES string of the molecule is COc1cc(N2CCC(OCC(=O)OC(C)(C)C)CC2)ccc1[N+](=O)[O-]. The van der Waals surface area contributed by atoms with Gasteiger partial charge in [-0.3, -0.25) is 10.1 Å². The fraction of sp³-hybridized carbons (Fsp3) is 0.611. The minimum absolute atomic E-state index is 0.00119. The van der Waals surface area contributed by atoms with Gasteiger partial charge in [-0.15, -0.1) is 0 Å². The lowest BCUT2D eigenvalue weighted by Crippen LogP contribution is -2.38. The predicted octanol–water partition coefficient (Wildman–Crippen LogP) is 2.93. The first-order valence-electron chi connectivity index (χ1n) is 8.60. The van der Waals surface area contributed by atoms with Crippen molar-refractivity contribution in [1.29, 1.82) is 0 Å². The molecule has 0 bridgehead atoms. The van der Waals surface area contributed by atoms with Gasteiger partial charge in [-0.2, -0.15) is 0 Å². The summed E-state index contributed by atoms with van der Waals surface area (Å²) >= 11 is 0. The van der Waals surface area contributed by atoms with Crippen molar-refractivity contribution in [3.05, 3.63) is 28.3 Å². The number of anilines is 1. The number of hydrogen-bond acceptors (Lipinski definition) is 7. The Balaban J connectivity index is 1.86. The van der Waals surface area contributed by atoms with Crippen LogP contribution in [0.3, 0.4) is 0 Å². The number of piperidine rings is 1. The van der Waals surface area contributed by atoms with Crippen LogP contribution in [0.4, 0.5) is 11.4 Å². The van der Waals surface area contributed by atoms with Gasteiger partial charge in [0.05, 0.1) is 18.1 Å². The van der Waals surface area contributed by atoms with Crippen molar-refractivity contribution in [3.8, 4) is 5.75 Å². The molecule has 26 heavy (non-hydrogen) atoms. The lowest BCUT2D eigenvalue weighted by molar-refractivity contribution is -0.385. The first kappa shape index (κ1) is 20.0. The normalized spacial score (nSPS) is 15.6. The number of ether oxygens (including phenoxy) is 3. The molecular weight excluding hydrogens is 340 g/mol. The highest BCUT2D eigenvalue weighted by Gasteiger charge is 2.24. The van der Waals surface area contributed by atoms with Gasteiger partial charge < -0.3 is 19.1 Å². The third-order valence-electron chi connectivity index (χ3n) is 4.02. The van der Waals surface area contributed by atoms with Gasteiger partial charge >= 0.3 is 11.7 Å². The highest BCUT2D eigenvalue weighted by Crippen LogP contribution is 2.32. The molecule has 8 nitrogen and oxygen atoms in total. The monoisotopic (exact) mass is 366 g/mol. The van der Waals surface area contributed by atoms with Gasteiger partial charge in [-0.25, -0.2) is 4.79 Å². The summed E-state index contributed by atoms with van der Waals surface area (Å²) in [5.41, 5.74) is 0.309. The van der Waals surface area contributed by atoms with E-state index in [1.54, 1.807) is 12.1 Å². The zero-order chi connectivity index (χ0) is 19.3. The fourth-order valence-corrected chi connectivity index (χ4v) is 2.85. The molecule has 144 valence electrons. The van der Waals surface area contributed by atoms with E-state index in [0.717, 1.165) is 31.6 Å². The summed E-state index contributed by atoms with van der Waals surface area (Å²) in [6.45, 7) is 6.89. The number of esters is 1. The van der Waals surface area contributed by atoms with Crippen LogP contribution in [0.1, 0.15) is 33.6 Å². The van der Waals surface area contributed by atoms with Gasteiger partial charge in [-0.1, -0.05) is 0 Å². The molecule has 2 rings (SSSR count). The smallest absolute Gasteiger partial charge is 0.332 e. The number of nitrogens with zero attached hydrogens (tertiary/aromatic N) is 2. The molecule has 1 aliphatic heterocycles. The lowest BCUT2D eigenvalue weighted by Gasteiger charge is -2.33. The second kappa shape index (κ2) is 8.35. The van der Waals surface area contributed by atoms with E-state index >= 15 is 0 Å². The molecule has 0 amide bonds. The van der Waals surface area contributed by atoms with Crippen LogP contribution in [0.25, 0.3) is 0 Å². The number of benzene rings is 1. The van der Waals surface area contributed by atoms with Crippen molar-refractivity contribution >= 4 is 17.3 Å². The van der Waals surface area contributed by atoms with Gasteiger partial charge in [0.2, 0.25) is 0 Å². The van der Waals surface area contributed by atoms with Crippen LogP contribution < -0.4 is 9.64 Å². The summed E-state index contributed by atoms with van der Waals surface area (Å²) in [6.07, 6.45) is 1.53. The molecule has 0 atom stereocenters. The molecule has 0 spiro atoms. The lowest BCUT2D eigenvalue weighted by atomic mass is 10.1. The molecule has 1 aromatic carbocycles. The zero-order valence-electron chi connectivity index (χ0n) is 15.7. The van der Waals surface area contributed by atoms with Crippen LogP contribution in [0.2, 0.25) is 0 Å². The summed E-state index contributed by atoms with van der Waals surface area (Å²) in [4.78, 5) is 24.4. The Kier molecular flexibility index (Phi) is 6.42. The predicted molar refractivity (Wildman–Crippen MR) is 96.7 cm³/mol. The van der Waals surface area contributed by atoms with Crippen molar-refractivity contribution < 1.29 is 23.9 Å². The Hall–Kier alpha value is -2.35. The van der Waals surface area contributed by atoms with Crippen LogP contribution in [0.15, 0.2) is 18.2 Å². The van der Waals surface area contributed by atoms with Gasteiger partial charge in [0.25, 0.3) is 0 Å². The average molecular weight is 366 g/mol. The minimum atomic E-state index is -0.515. The van der Waals surface area contributed by atoms with E-state index in [1.165, 1.54) is 13.2 Å². The molecule has 1 aliphatic rings. The van der Waals surface area contributed by atoms with Gasteiger partial charge in [0.15, 0.2) is 5.75 Å². The summed E-state index contributed by atoms with van der Waals surface area (Å²) < 4.78 is 16.0. The molecule has 0 aromatic heterocycles. The summed E-state index contributed by atoms with van der Waals surface area (Å²) in [5, 5.41) is 11.0. The molecule has 0 radical (unpaired) electrons. The second-order valence-corrected chi connectivity index (χ2v) is 7.20. The van der Waals surface area contributed by atoms with Crippen molar-refractivity contribution in [2.24, 2.45) is 0 Å². The van der Waals surface area contributed by atoms with Gasteiger partial charge in [-0.05, 0) is 39.7 Å². The summed E-state index contributed by atoms with van der Waals surface area (Å²) in [6, 6.07) is 4.86. The maximum absolute atomic E-state index is 11.7.